The maximum atomic E-state index is 14.2. The molecule has 4 aliphatic rings. The molecule has 0 aromatic heterocycles. The Morgan fingerprint density at radius 3 is 1.64 bits per heavy atom. The molecule has 216 valence electrons. The van der Waals surface area contributed by atoms with Crippen molar-refractivity contribution in [2.75, 3.05) is 13.1 Å². The van der Waals surface area contributed by atoms with E-state index in [1.165, 1.54) is 34.9 Å². The van der Waals surface area contributed by atoms with Crippen LogP contribution in [0.25, 0.3) is 12.2 Å². The predicted octanol–water partition coefficient (Wildman–Crippen LogP) is 5.00. The Balaban J connectivity index is 0.921. The van der Waals surface area contributed by atoms with Crippen molar-refractivity contribution in [3.8, 4) is 0 Å². The molecule has 6 rings (SSSR count). The number of nitrogens with zero attached hydrogens (tertiary/aromatic N) is 4. The molecule has 10 heteroatoms. The van der Waals surface area contributed by atoms with Gasteiger partial charge in [-0.2, -0.15) is 10.1 Å². The molecule has 2 aliphatic carbocycles. The first-order valence-corrected chi connectivity index (χ1v) is 14.0. The molecule has 0 spiro atoms. The van der Waals surface area contributed by atoms with E-state index in [4.69, 9.17) is 9.68 Å². The first-order valence-electron chi connectivity index (χ1n) is 14.0. The minimum Gasteiger partial charge on any atom is -0.335 e. The summed E-state index contributed by atoms with van der Waals surface area (Å²) in [5.41, 5.74) is 5.50. The SMILES string of the molecule is O=C(/C=C/C(=O)ON1C=NC(CC2=Cc3c(F)cccc3CC2)C1)ON1C=NC(CC2=Cc3c(F)cccc3CC2)C1. The van der Waals surface area contributed by atoms with E-state index in [9.17, 15) is 18.4 Å². The van der Waals surface area contributed by atoms with E-state index in [1.54, 1.807) is 12.1 Å². The number of fused-ring (bicyclic) bond motifs is 2. The van der Waals surface area contributed by atoms with Gasteiger partial charge in [0, 0.05) is 23.3 Å². The smallest absolute Gasteiger partial charge is 0.335 e. The quantitative estimate of drug-likeness (QED) is 0.414. The highest BCUT2D eigenvalue weighted by Gasteiger charge is 2.25. The Hall–Kier alpha value is -4.60. The molecule has 0 radical (unpaired) electrons. The van der Waals surface area contributed by atoms with E-state index in [2.05, 4.69) is 9.98 Å². The molecular formula is C32H30F2N4O4. The number of aryl methyl sites for hydroxylation is 2. The van der Waals surface area contributed by atoms with Crippen LogP contribution in [0.1, 0.15) is 47.9 Å². The lowest BCUT2D eigenvalue weighted by atomic mass is 9.89. The molecule has 0 saturated heterocycles. The van der Waals surface area contributed by atoms with Gasteiger partial charge in [-0.3, -0.25) is 9.98 Å². The fourth-order valence-corrected chi connectivity index (χ4v) is 5.72. The summed E-state index contributed by atoms with van der Waals surface area (Å²) in [6, 6.07) is 10.0. The summed E-state index contributed by atoms with van der Waals surface area (Å²) in [5, 5.41) is 2.64. The van der Waals surface area contributed by atoms with Crippen molar-refractivity contribution < 1.29 is 28.0 Å². The number of aliphatic imine (C=N–C) groups is 2. The third-order valence-electron chi connectivity index (χ3n) is 7.77. The third-order valence-corrected chi connectivity index (χ3v) is 7.77. The van der Waals surface area contributed by atoms with Crippen LogP contribution in [0.5, 0.6) is 0 Å². The maximum Gasteiger partial charge on any atom is 0.356 e. The molecule has 2 heterocycles. The zero-order chi connectivity index (χ0) is 29.1. The number of hydrogen-bond donors (Lipinski definition) is 0. The number of hydroxylamine groups is 4. The summed E-state index contributed by atoms with van der Waals surface area (Å²) in [7, 11) is 0. The van der Waals surface area contributed by atoms with Gasteiger partial charge in [0.25, 0.3) is 0 Å². The fourth-order valence-electron chi connectivity index (χ4n) is 5.72. The van der Waals surface area contributed by atoms with Crippen LogP contribution in [0.2, 0.25) is 0 Å². The number of carbonyl (C=O) groups excluding carboxylic acids is 2. The molecule has 0 saturated carbocycles. The minimum atomic E-state index is -0.739. The highest BCUT2D eigenvalue weighted by Crippen LogP contribution is 2.31. The van der Waals surface area contributed by atoms with Gasteiger partial charge >= 0.3 is 11.9 Å². The van der Waals surface area contributed by atoms with Crippen LogP contribution in [0, 0.1) is 11.6 Å². The second-order valence-corrected chi connectivity index (χ2v) is 10.8. The summed E-state index contributed by atoms with van der Waals surface area (Å²) < 4.78 is 28.3. The Morgan fingerprint density at radius 2 is 1.19 bits per heavy atom. The zero-order valence-electron chi connectivity index (χ0n) is 22.9. The largest absolute Gasteiger partial charge is 0.356 e. The fraction of sp³-hybridized carbons (Fsp3) is 0.312. The second kappa shape index (κ2) is 12.1. The molecule has 0 bridgehead atoms. The minimum absolute atomic E-state index is 0.119. The first kappa shape index (κ1) is 27.6. The number of rotatable bonds is 8. The molecule has 0 fully saturated rings. The number of halogens is 2. The molecule has 0 N–H and O–H groups in total. The molecule has 2 aliphatic heterocycles. The number of carbonyl (C=O) groups is 2. The lowest BCUT2D eigenvalue weighted by molar-refractivity contribution is -0.167. The summed E-state index contributed by atoms with van der Waals surface area (Å²) in [6.45, 7) is 0.734. The van der Waals surface area contributed by atoms with Crippen LogP contribution in [0.15, 0.2) is 69.7 Å². The van der Waals surface area contributed by atoms with Crippen molar-refractivity contribution >= 4 is 36.8 Å². The predicted molar refractivity (Wildman–Crippen MR) is 154 cm³/mol. The summed E-state index contributed by atoms with van der Waals surface area (Å²) >= 11 is 0. The topological polar surface area (TPSA) is 83.8 Å². The van der Waals surface area contributed by atoms with Gasteiger partial charge in [0.05, 0.1) is 25.2 Å². The van der Waals surface area contributed by atoms with Crippen molar-refractivity contribution in [1.82, 2.24) is 10.1 Å². The molecule has 8 nitrogen and oxygen atoms in total. The molecular weight excluding hydrogens is 542 g/mol. The van der Waals surface area contributed by atoms with Crippen molar-refractivity contribution in [3.63, 3.8) is 0 Å². The standard InChI is InChI=1S/C32H30F2N4O4/c33-29-5-1-3-23-9-7-21(15-27(23)29)13-25-17-37(19-35-25)41-31(39)11-12-32(40)42-38-18-26(36-20-38)14-22-8-10-24-4-2-6-30(34)28(24)16-22/h1-6,11-12,15-16,19-20,25-26H,7-10,13-14,17-18H2/b12-11+. The van der Waals surface area contributed by atoms with Gasteiger partial charge in [-0.15, -0.1) is 0 Å². The lowest BCUT2D eigenvalue weighted by Crippen LogP contribution is -2.27. The summed E-state index contributed by atoms with van der Waals surface area (Å²) in [6.07, 6.45) is 13.2. The summed E-state index contributed by atoms with van der Waals surface area (Å²) in [5.74, 6) is -1.93. The van der Waals surface area contributed by atoms with Crippen LogP contribution < -0.4 is 0 Å². The number of hydrogen-bond acceptors (Lipinski definition) is 8. The zero-order valence-corrected chi connectivity index (χ0v) is 22.9. The Labute approximate surface area is 242 Å². The van der Waals surface area contributed by atoms with E-state index in [0.717, 1.165) is 60.1 Å². The highest BCUT2D eigenvalue weighted by atomic mass is 19.1. The average Bonchev–Trinajstić information content (AvgIpc) is 3.61. The van der Waals surface area contributed by atoms with Crippen molar-refractivity contribution in [3.05, 3.63) is 93.6 Å². The molecule has 2 aromatic carbocycles. The van der Waals surface area contributed by atoms with Crippen LogP contribution >= 0.6 is 0 Å². The molecule has 42 heavy (non-hydrogen) atoms. The number of benzene rings is 2. The van der Waals surface area contributed by atoms with Crippen LogP contribution in [-0.2, 0) is 32.1 Å². The van der Waals surface area contributed by atoms with Gasteiger partial charge in [0.2, 0.25) is 0 Å². The Morgan fingerprint density at radius 1 is 0.738 bits per heavy atom. The van der Waals surface area contributed by atoms with E-state index in [0.29, 0.717) is 37.1 Å². The Kier molecular flexibility index (Phi) is 7.94. The second-order valence-electron chi connectivity index (χ2n) is 10.8. The lowest BCUT2D eigenvalue weighted by Gasteiger charge is -2.19. The van der Waals surface area contributed by atoms with E-state index in [-0.39, 0.29) is 23.7 Å². The van der Waals surface area contributed by atoms with Crippen LogP contribution in [0.3, 0.4) is 0 Å². The van der Waals surface area contributed by atoms with E-state index < -0.39 is 11.9 Å². The van der Waals surface area contributed by atoms with Gasteiger partial charge in [-0.05, 0) is 61.8 Å². The normalized spacial score (nSPS) is 20.8. The molecule has 2 atom stereocenters. The van der Waals surface area contributed by atoms with Crippen molar-refractivity contribution in [2.45, 2.75) is 50.6 Å². The van der Waals surface area contributed by atoms with Crippen LogP contribution in [-0.4, -0.2) is 59.9 Å². The molecule has 2 unspecified atom stereocenters. The average molecular weight is 573 g/mol. The van der Waals surface area contributed by atoms with Gasteiger partial charge in [-0.25, -0.2) is 18.4 Å². The maximum absolute atomic E-state index is 14.2. The van der Waals surface area contributed by atoms with Crippen LogP contribution in [0.4, 0.5) is 8.78 Å². The summed E-state index contributed by atoms with van der Waals surface area (Å²) in [4.78, 5) is 43.8. The van der Waals surface area contributed by atoms with Gasteiger partial charge in [0.15, 0.2) is 0 Å². The monoisotopic (exact) mass is 572 g/mol. The Bertz CT molecular complexity index is 1430. The van der Waals surface area contributed by atoms with Gasteiger partial charge in [0.1, 0.15) is 24.3 Å². The van der Waals surface area contributed by atoms with E-state index >= 15 is 0 Å². The first-order chi connectivity index (χ1) is 20.4. The van der Waals surface area contributed by atoms with Crippen molar-refractivity contribution in [1.29, 1.82) is 0 Å². The van der Waals surface area contributed by atoms with Gasteiger partial charge in [-0.1, -0.05) is 47.6 Å². The van der Waals surface area contributed by atoms with E-state index in [1.807, 2.05) is 24.3 Å². The van der Waals surface area contributed by atoms with Gasteiger partial charge < -0.3 is 9.68 Å². The third kappa shape index (κ3) is 6.48. The molecule has 2 aromatic rings. The highest BCUT2D eigenvalue weighted by molar-refractivity contribution is 5.92. The molecule has 0 amide bonds. The van der Waals surface area contributed by atoms with Crippen molar-refractivity contribution in [2.24, 2.45) is 9.98 Å².